The number of esters is 1. The van der Waals surface area contributed by atoms with Crippen LogP contribution in [-0.2, 0) is 9.53 Å². The minimum Gasteiger partial charge on any atom is -0.459 e. The summed E-state index contributed by atoms with van der Waals surface area (Å²) < 4.78 is 5.85. The van der Waals surface area contributed by atoms with Crippen LogP contribution in [0.15, 0.2) is 0 Å². The fourth-order valence-electron chi connectivity index (χ4n) is 5.04. The SMILES string of the molecule is CCCCCCCCCCCCCCCCCCCC(=O)OC(C)(C)C1CC[NH2+]CC1. The zero-order valence-electron chi connectivity index (χ0n) is 21.5. The van der Waals surface area contributed by atoms with Gasteiger partial charge in [0.1, 0.15) is 5.60 Å². The van der Waals surface area contributed by atoms with E-state index in [9.17, 15) is 4.79 Å². The highest BCUT2D eigenvalue weighted by Crippen LogP contribution is 2.28. The normalized spacial score (nSPS) is 15.3. The number of ether oxygens (including phenoxy) is 1. The molecule has 1 aliphatic rings. The zero-order valence-corrected chi connectivity index (χ0v) is 21.5. The molecule has 1 aliphatic heterocycles. The maximum Gasteiger partial charge on any atom is 0.306 e. The number of rotatable bonds is 20. The van der Waals surface area contributed by atoms with Crippen LogP contribution in [0.2, 0.25) is 0 Å². The van der Waals surface area contributed by atoms with Crippen LogP contribution in [0.5, 0.6) is 0 Å². The van der Waals surface area contributed by atoms with Crippen molar-refractivity contribution in [1.82, 2.24) is 0 Å². The lowest BCUT2D eigenvalue weighted by Crippen LogP contribution is -2.86. The standard InChI is InChI=1S/C28H55NO2/c1-4-5-6-7-8-9-10-11-12-13-14-15-16-17-18-19-20-21-27(30)31-28(2,3)26-22-24-29-25-23-26/h26,29H,4-25H2,1-3H3/p+1. The molecule has 1 saturated heterocycles. The van der Waals surface area contributed by atoms with Gasteiger partial charge in [-0.2, -0.15) is 0 Å². The van der Waals surface area contributed by atoms with E-state index in [4.69, 9.17) is 4.74 Å². The predicted molar refractivity (Wildman–Crippen MR) is 133 cm³/mol. The summed E-state index contributed by atoms with van der Waals surface area (Å²) in [5.74, 6) is 0.539. The highest BCUT2D eigenvalue weighted by Gasteiger charge is 2.35. The third kappa shape index (κ3) is 15.8. The Morgan fingerprint density at radius 2 is 1.10 bits per heavy atom. The first-order valence-electron chi connectivity index (χ1n) is 14.1. The largest absolute Gasteiger partial charge is 0.459 e. The fraction of sp³-hybridized carbons (Fsp3) is 0.964. The lowest BCUT2D eigenvalue weighted by Gasteiger charge is -2.35. The number of carbonyl (C=O) groups excluding carboxylic acids is 1. The van der Waals surface area contributed by atoms with Crippen molar-refractivity contribution in [2.24, 2.45) is 5.92 Å². The molecule has 0 amide bonds. The Morgan fingerprint density at radius 1 is 0.710 bits per heavy atom. The Balaban J connectivity index is 1.82. The quantitative estimate of drug-likeness (QED) is 0.160. The zero-order chi connectivity index (χ0) is 22.6. The molecule has 3 heteroatoms. The molecule has 0 bridgehead atoms. The third-order valence-electron chi connectivity index (χ3n) is 7.28. The Kier molecular flexibility index (Phi) is 17.4. The summed E-state index contributed by atoms with van der Waals surface area (Å²) in [5, 5.41) is 2.37. The van der Waals surface area contributed by atoms with Crippen LogP contribution >= 0.6 is 0 Å². The summed E-state index contributed by atoms with van der Waals surface area (Å²) in [6.45, 7) is 8.85. The van der Waals surface area contributed by atoms with Gasteiger partial charge < -0.3 is 10.1 Å². The van der Waals surface area contributed by atoms with Gasteiger partial charge in [0.25, 0.3) is 0 Å². The van der Waals surface area contributed by atoms with Crippen molar-refractivity contribution in [1.29, 1.82) is 0 Å². The summed E-state index contributed by atoms with van der Waals surface area (Å²) in [4.78, 5) is 12.2. The molecule has 0 aromatic rings. The van der Waals surface area contributed by atoms with Gasteiger partial charge in [0.2, 0.25) is 0 Å². The van der Waals surface area contributed by atoms with Crippen LogP contribution in [0.4, 0.5) is 0 Å². The molecular weight excluding hydrogens is 382 g/mol. The average Bonchev–Trinajstić information content (AvgIpc) is 2.76. The first-order valence-corrected chi connectivity index (χ1v) is 14.1. The first kappa shape index (κ1) is 28.5. The summed E-state index contributed by atoms with van der Waals surface area (Å²) in [5.41, 5.74) is -0.292. The van der Waals surface area contributed by atoms with Crippen LogP contribution < -0.4 is 5.32 Å². The molecule has 184 valence electrons. The molecular formula is C28H56NO2+. The van der Waals surface area contributed by atoms with E-state index in [0.29, 0.717) is 12.3 Å². The fourth-order valence-corrected chi connectivity index (χ4v) is 5.04. The number of quaternary nitrogens is 1. The van der Waals surface area contributed by atoms with Crippen molar-refractivity contribution in [3.63, 3.8) is 0 Å². The molecule has 0 radical (unpaired) electrons. The Bertz CT molecular complexity index is 415. The molecule has 0 atom stereocenters. The van der Waals surface area contributed by atoms with Gasteiger partial charge in [0.15, 0.2) is 0 Å². The lowest BCUT2D eigenvalue weighted by molar-refractivity contribution is -0.665. The second kappa shape index (κ2) is 18.9. The molecule has 0 aliphatic carbocycles. The van der Waals surface area contributed by atoms with E-state index in [1.807, 2.05) is 0 Å². The van der Waals surface area contributed by atoms with E-state index in [1.165, 1.54) is 129 Å². The van der Waals surface area contributed by atoms with Crippen molar-refractivity contribution in [2.45, 2.75) is 155 Å². The van der Waals surface area contributed by atoms with Gasteiger partial charge in [0, 0.05) is 25.2 Å². The third-order valence-corrected chi connectivity index (χ3v) is 7.28. The average molecular weight is 439 g/mol. The molecule has 1 rings (SSSR count). The van der Waals surface area contributed by atoms with Crippen molar-refractivity contribution in [2.75, 3.05) is 13.1 Å². The number of nitrogens with two attached hydrogens (primary N) is 1. The van der Waals surface area contributed by atoms with Crippen molar-refractivity contribution in [3.8, 4) is 0 Å². The van der Waals surface area contributed by atoms with Crippen molar-refractivity contribution >= 4 is 5.97 Å². The number of hydrogen-bond donors (Lipinski definition) is 1. The number of hydrogen-bond acceptors (Lipinski definition) is 2. The summed E-state index contributed by atoms with van der Waals surface area (Å²) in [7, 11) is 0. The van der Waals surface area contributed by atoms with Crippen LogP contribution in [0.25, 0.3) is 0 Å². The smallest absolute Gasteiger partial charge is 0.306 e. The van der Waals surface area contributed by atoms with Crippen molar-refractivity contribution in [3.05, 3.63) is 0 Å². The maximum absolute atomic E-state index is 12.2. The van der Waals surface area contributed by atoms with E-state index in [2.05, 4.69) is 26.1 Å². The van der Waals surface area contributed by atoms with Crippen LogP contribution in [0.3, 0.4) is 0 Å². The monoisotopic (exact) mass is 438 g/mol. The second-order valence-corrected chi connectivity index (χ2v) is 10.6. The molecule has 0 aromatic carbocycles. The molecule has 0 unspecified atom stereocenters. The highest BCUT2D eigenvalue weighted by atomic mass is 16.6. The minimum absolute atomic E-state index is 0.0144. The number of carbonyl (C=O) groups is 1. The molecule has 0 aromatic heterocycles. The summed E-state index contributed by atoms with van der Waals surface area (Å²) in [6, 6.07) is 0. The Morgan fingerprint density at radius 3 is 1.52 bits per heavy atom. The molecule has 2 N–H and O–H groups in total. The number of piperidine rings is 1. The van der Waals surface area contributed by atoms with Crippen LogP contribution in [0, 0.1) is 5.92 Å². The van der Waals surface area contributed by atoms with Crippen LogP contribution in [-0.4, -0.2) is 24.7 Å². The van der Waals surface area contributed by atoms with Gasteiger partial charge in [-0.3, -0.25) is 4.79 Å². The lowest BCUT2D eigenvalue weighted by atomic mass is 9.83. The van der Waals surface area contributed by atoms with Gasteiger partial charge in [0.05, 0.1) is 13.1 Å². The van der Waals surface area contributed by atoms with E-state index in [-0.39, 0.29) is 11.6 Å². The Hall–Kier alpha value is -0.570. The van der Waals surface area contributed by atoms with Gasteiger partial charge in [-0.25, -0.2) is 0 Å². The highest BCUT2D eigenvalue weighted by molar-refractivity contribution is 5.69. The molecule has 0 saturated carbocycles. The summed E-state index contributed by atoms with van der Waals surface area (Å²) >= 11 is 0. The van der Waals surface area contributed by atoms with Gasteiger partial charge >= 0.3 is 5.97 Å². The predicted octanol–water partition coefficient (Wildman–Crippen LogP) is 7.32. The van der Waals surface area contributed by atoms with Gasteiger partial charge in [-0.15, -0.1) is 0 Å². The number of unbranched alkanes of at least 4 members (excludes halogenated alkanes) is 16. The molecule has 1 heterocycles. The van der Waals surface area contributed by atoms with Crippen LogP contribution in [0.1, 0.15) is 149 Å². The summed E-state index contributed by atoms with van der Waals surface area (Å²) in [6.07, 6.45) is 26.2. The van der Waals surface area contributed by atoms with E-state index in [1.54, 1.807) is 0 Å². The maximum atomic E-state index is 12.2. The van der Waals surface area contributed by atoms with E-state index >= 15 is 0 Å². The van der Waals surface area contributed by atoms with Crippen molar-refractivity contribution < 1.29 is 14.8 Å². The van der Waals surface area contributed by atoms with E-state index < -0.39 is 0 Å². The molecule has 31 heavy (non-hydrogen) atoms. The first-order chi connectivity index (χ1) is 15.1. The molecule has 3 nitrogen and oxygen atoms in total. The Labute approximate surface area is 194 Å². The molecule has 0 spiro atoms. The minimum atomic E-state index is -0.292. The molecule has 1 fully saturated rings. The van der Waals surface area contributed by atoms with E-state index in [0.717, 1.165) is 6.42 Å². The van der Waals surface area contributed by atoms with Gasteiger partial charge in [-0.1, -0.05) is 110 Å². The van der Waals surface area contributed by atoms with Gasteiger partial charge in [-0.05, 0) is 20.3 Å². The second-order valence-electron chi connectivity index (χ2n) is 10.6. The topological polar surface area (TPSA) is 42.9 Å².